The van der Waals surface area contributed by atoms with Crippen LogP contribution in [0.4, 0.5) is 0 Å². The molecule has 0 atom stereocenters. The molecule has 2 aromatic rings. The van der Waals surface area contributed by atoms with Crippen molar-refractivity contribution in [3.63, 3.8) is 0 Å². The van der Waals surface area contributed by atoms with Gasteiger partial charge in [0.2, 0.25) is 0 Å². The quantitative estimate of drug-likeness (QED) is 0.899. The van der Waals surface area contributed by atoms with E-state index in [2.05, 4.69) is 42.2 Å². The molecule has 0 bridgehead atoms. The number of fused-ring (bicyclic) bond motifs is 1. The van der Waals surface area contributed by atoms with E-state index in [0.29, 0.717) is 5.75 Å². The molecule has 2 aromatic carbocycles. The molecule has 1 aliphatic heterocycles. The monoisotopic (exact) mass is 267 g/mol. The van der Waals surface area contributed by atoms with Crippen molar-refractivity contribution in [2.24, 2.45) is 0 Å². The normalized spacial score (nSPS) is 15.1. The van der Waals surface area contributed by atoms with E-state index >= 15 is 0 Å². The summed E-state index contributed by atoms with van der Waals surface area (Å²) in [5.41, 5.74) is 6.11. The molecule has 0 aliphatic carbocycles. The summed E-state index contributed by atoms with van der Waals surface area (Å²) in [7, 11) is 0. The Balaban J connectivity index is 1.80. The summed E-state index contributed by atoms with van der Waals surface area (Å²) in [5, 5.41) is 10.2. The Morgan fingerprint density at radius 3 is 2.65 bits per heavy atom. The van der Waals surface area contributed by atoms with Crippen LogP contribution in [-0.4, -0.2) is 16.6 Å². The molecule has 2 nitrogen and oxygen atoms in total. The van der Waals surface area contributed by atoms with Crippen molar-refractivity contribution < 1.29 is 5.11 Å². The molecule has 0 radical (unpaired) electrons. The zero-order chi connectivity index (χ0) is 14.1. The summed E-state index contributed by atoms with van der Waals surface area (Å²) in [6, 6.07) is 12.8. The molecule has 0 saturated carbocycles. The highest BCUT2D eigenvalue weighted by Crippen LogP contribution is 2.27. The van der Waals surface area contributed by atoms with Crippen LogP contribution in [0.2, 0.25) is 0 Å². The van der Waals surface area contributed by atoms with Crippen molar-refractivity contribution in [2.75, 3.05) is 6.54 Å². The number of phenols is 1. The summed E-state index contributed by atoms with van der Waals surface area (Å²) in [4.78, 5) is 2.41. The van der Waals surface area contributed by atoms with E-state index in [9.17, 15) is 5.11 Å². The number of aryl methyl sites for hydroxylation is 2. The van der Waals surface area contributed by atoms with E-state index in [0.717, 1.165) is 37.2 Å². The summed E-state index contributed by atoms with van der Waals surface area (Å²) in [6.45, 7) is 6.91. The van der Waals surface area contributed by atoms with Gasteiger partial charge >= 0.3 is 0 Å². The molecular weight excluding hydrogens is 246 g/mol. The third-order valence-corrected chi connectivity index (χ3v) is 4.13. The smallest absolute Gasteiger partial charge is 0.122 e. The Hall–Kier alpha value is -1.80. The zero-order valence-electron chi connectivity index (χ0n) is 12.2. The maximum Gasteiger partial charge on any atom is 0.122 e. The number of phenolic OH excluding ortho intramolecular Hbond substituents is 1. The lowest BCUT2D eigenvalue weighted by atomic mass is 9.98. The molecule has 1 aliphatic rings. The van der Waals surface area contributed by atoms with Gasteiger partial charge < -0.3 is 5.11 Å². The van der Waals surface area contributed by atoms with Crippen LogP contribution < -0.4 is 0 Å². The van der Waals surface area contributed by atoms with Gasteiger partial charge in [-0.25, -0.2) is 0 Å². The molecule has 1 N–H and O–H groups in total. The first kappa shape index (κ1) is 13.2. The molecule has 0 saturated heterocycles. The fraction of sp³-hybridized carbons (Fsp3) is 0.333. The number of hydrogen-bond donors (Lipinski definition) is 1. The highest BCUT2D eigenvalue weighted by Gasteiger charge is 2.17. The fourth-order valence-electron chi connectivity index (χ4n) is 3.10. The minimum atomic E-state index is 0.453. The molecule has 0 unspecified atom stereocenters. The fourth-order valence-corrected chi connectivity index (χ4v) is 3.10. The molecule has 0 aromatic heterocycles. The van der Waals surface area contributed by atoms with Gasteiger partial charge in [-0.05, 0) is 37.0 Å². The molecule has 104 valence electrons. The largest absolute Gasteiger partial charge is 0.507 e. The van der Waals surface area contributed by atoms with E-state index in [-0.39, 0.29) is 0 Å². The summed E-state index contributed by atoms with van der Waals surface area (Å²) >= 11 is 0. The molecule has 0 spiro atoms. The van der Waals surface area contributed by atoms with Gasteiger partial charge in [0.15, 0.2) is 0 Å². The Labute approximate surface area is 120 Å². The SMILES string of the molecule is Cc1cc(C)c(O)c(CN2CCc3ccccc3C2)c1. The van der Waals surface area contributed by atoms with Crippen molar-refractivity contribution in [3.8, 4) is 5.75 Å². The van der Waals surface area contributed by atoms with Gasteiger partial charge in [0.1, 0.15) is 5.75 Å². The average molecular weight is 267 g/mol. The van der Waals surface area contributed by atoms with Crippen molar-refractivity contribution in [1.82, 2.24) is 4.90 Å². The lowest BCUT2D eigenvalue weighted by Gasteiger charge is -2.29. The second-order valence-corrected chi connectivity index (χ2v) is 5.82. The maximum absolute atomic E-state index is 10.2. The van der Waals surface area contributed by atoms with Crippen LogP contribution >= 0.6 is 0 Å². The summed E-state index contributed by atoms with van der Waals surface area (Å²) < 4.78 is 0. The molecular formula is C18H21NO. The first-order valence-corrected chi connectivity index (χ1v) is 7.22. The number of benzene rings is 2. The van der Waals surface area contributed by atoms with Gasteiger partial charge in [0, 0.05) is 25.2 Å². The first-order valence-electron chi connectivity index (χ1n) is 7.22. The molecule has 1 heterocycles. The number of hydrogen-bond acceptors (Lipinski definition) is 2. The van der Waals surface area contributed by atoms with E-state index in [1.54, 1.807) is 0 Å². The van der Waals surface area contributed by atoms with Crippen LogP contribution in [0, 0.1) is 13.8 Å². The Bertz CT molecular complexity index is 633. The highest BCUT2D eigenvalue weighted by atomic mass is 16.3. The van der Waals surface area contributed by atoms with E-state index in [1.807, 2.05) is 13.0 Å². The lowest BCUT2D eigenvalue weighted by molar-refractivity contribution is 0.242. The zero-order valence-corrected chi connectivity index (χ0v) is 12.2. The topological polar surface area (TPSA) is 23.5 Å². The van der Waals surface area contributed by atoms with Gasteiger partial charge in [-0.1, -0.05) is 42.0 Å². The van der Waals surface area contributed by atoms with Crippen molar-refractivity contribution in [1.29, 1.82) is 0 Å². The predicted molar refractivity (Wildman–Crippen MR) is 81.8 cm³/mol. The maximum atomic E-state index is 10.2. The highest BCUT2D eigenvalue weighted by molar-refractivity contribution is 5.42. The predicted octanol–water partition coefficient (Wildman–Crippen LogP) is 3.57. The van der Waals surface area contributed by atoms with Crippen LogP contribution in [-0.2, 0) is 19.5 Å². The lowest BCUT2D eigenvalue weighted by Crippen LogP contribution is -2.30. The summed E-state index contributed by atoms with van der Waals surface area (Å²) in [5.74, 6) is 0.453. The standard InChI is InChI=1S/C18H21NO/c1-13-9-14(2)18(20)17(10-13)12-19-8-7-15-5-3-4-6-16(15)11-19/h3-6,9-10,20H,7-8,11-12H2,1-2H3. The Morgan fingerprint density at radius 2 is 1.85 bits per heavy atom. The summed E-state index contributed by atoms with van der Waals surface area (Å²) in [6.07, 6.45) is 1.10. The van der Waals surface area contributed by atoms with Gasteiger partial charge in [-0.3, -0.25) is 4.90 Å². The molecule has 3 rings (SSSR count). The van der Waals surface area contributed by atoms with E-state index in [1.165, 1.54) is 16.7 Å². The van der Waals surface area contributed by atoms with Crippen LogP contribution in [0.5, 0.6) is 5.75 Å². The minimum Gasteiger partial charge on any atom is -0.507 e. The van der Waals surface area contributed by atoms with Gasteiger partial charge in [0.25, 0.3) is 0 Å². The third kappa shape index (κ3) is 2.56. The first-order chi connectivity index (χ1) is 9.63. The third-order valence-electron chi connectivity index (χ3n) is 4.13. The van der Waals surface area contributed by atoms with Crippen LogP contribution in [0.1, 0.15) is 27.8 Å². The van der Waals surface area contributed by atoms with Crippen molar-refractivity contribution >= 4 is 0 Å². The Kier molecular flexibility index (Phi) is 3.49. The van der Waals surface area contributed by atoms with Crippen molar-refractivity contribution in [3.05, 3.63) is 64.2 Å². The molecule has 0 amide bonds. The second kappa shape index (κ2) is 5.29. The number of aromatic hydroxyl groups is 1. The van der Waals surface area contributed by atoms with Gasteiger partial charge in [-0.2, -0.15) is 0 Å². The van der Waals surface area contributed by atoms with Crippen molar-refractivity contribution in [2.45, 2.75) is 33.4 Å². The van der Waals surface area contributed by atoms with Crippen LogP contribution in [0.25, 0.3) is 0 Å². The second-order valence-electron chi connectivity index (χ2n) is 5.82. The molecule has 0 fully saturated rings. The average Bonchev–Trinajstić information content (AvgIpc) is 2.44. The Morgan fingerprint density at radius 1 is 1.10 bits per heavy atom. The molecule has 20 heavy (non-hydrogen) atoms. The number of rotatable bonds is 2. The van der Waals surface area contributed by atoms with E-state index in [4.69, 9.17) is 0 Å². The minimum absolute atomic E-state index is 0.453. The van der Waals surface area contributed by atoms with Gasteiger partial charge in [-0.15, -0.1) is 0 Å². The van der Waals surface area contributed by atoms with Crippen LogP contribution in [0.3, 0.4) is 0 Å². The number of nitrogens with zero attached hydrogens (tertiary/aromatic N) is 1. The molecule has 2 heteroatoms. The van der Waals surface area contributed by atoms with Gasteiger partial charge in [0.05, 0.1) is 0 Å². The van der Waals surface area contributed by atoms with Crippen LogP contribution in [0.15, 0.2) is 36.4 Å². The van der Waals surface area contributed by atoms with E-state index < -0.39 is 0 Å².